The molecule has 0 atom stereocenters. The number of hydrogen-bond donors (Lipinski definition) is 1. The maximum Gasteiger partial charge on any atom is 0.342 e. The Labute approximate surface area is 86.7 Å². The first-order chi connectivity index (χ1) is 7.28. The van der Waals surface area contributed by atoms with E-state index in [1.807, 2.05) is 12.1 Å². The molecule has 0 fully saturated rings. The van der Waals surface area contributed by atoms with Crippen molar-refractivity contribution in [3.05, 3.63) is 30.2 Å². The van der Waals surface area contributed by atoms with Crippen LogP contribution >= 0.6 is 0 Å². The van der Waals surface area contributed by atoms with Crippen molar-refractivity contribution in [2.45, 2.75) is 6.54 Å². The standard InChI is InChI=1S/C9H11N5O/c1-14-6-11-9(13-14)15-8-4-2-3-7(5-10)12-8/h2-4,6H,5,10H2,1H3. The van der Waals surface area contributed by atoms with E-state index >= 15 is 0 Å². The fourth-order valence-corrected chi connectivity index (χ4v) is 1.09. The molecule has 2 N–H and O–H groups in total. The van der Waals surface area contributed by atoms with Gasteiger partial charge in [-0.25, -0.2) is 4.98 Å². The Bertz CT molecular complexity index is 453. The molecule has 2 heterocycles. The molecule has 0 aromatic carbocycles. The summed E-state index contributed by atoms with van der Waals surface area (Å²) in [6.45, 7) is 0.382. The summed E-state index contributed by atoms with van der Waals surface area (Å²) in [4.78, 5) is 8.08. The molecule has 0 radical (unpaired) electrons. The van der Waals surface area contributed by atoms with Gasteiger partial charge in [0.05, 0.1) is 5.69 Å². The molecule has 0 aliphatic carbocycles. The first-order valence-electron chi connectivity index (χ1n) is 4.47. The maximum absolute atomic E-state index is 5.46. The molecule has 2 rings (SSSR count). The normalized spacial score (nSPS) is 10.3. The average molecular weight is 205 g/mol. The summed E-state index contributed by atoms with van der Waals surface area (Å²) in [6, 6.07) is 5.67. The molecule has 2 aromatic rings. The number of pyridine rings is 1. The number of aromatic nitrogens is 4. The Kier molecular flexibility index (Phi) is 2.59. The second-order valence-corrected chi connectivity index (χ2v) is 2.97. The van der Waals surface area contributed by atoms with Crippen molar-refractivity contribution in [1.82, 2.24) is 19.7 Å². The molecule has 0 saturated heterocycles. The highest BCUT2D eigenvalue weighted by Crippen LogP contribution is 2.14. The van der Waals surface area contributed by atoms with E-state index in [4.69, 9.17) is 10.5 Å². The van der Waals surface area contributed by atoms with Gasteiger partial charge >= 0.3 is 6.01 Å². The zero-order valence-electron chi connectivity index (χ0n) is 8.29. The fraction of sp³-hybridized carbons (Fsp3) is 0.222. The Balaban J connectivity index is 2.16. The lowest BCUT2D eigenvalue weighted by molar-refractivity contribution is 0.421. The molecule has 0 spiro atoms. The molecule has 0 amide bonds. The van der Waals surface area contributed by atoms with E-state index in [-0.39, 0.29) is 6.01 Å². The largest absolute Gasteiger partial charge is 0.404 e. The monoisotopic (exact) mass is 205 g/mol. The van der Waals surface area contributed by atoms with Crippen LogP contribution in [0.1, 0.15) is 5.69 Å². The highest BCUT2D eigenvalue weighted by atomic mass is 16.5. The van der Waals surface area contributed by atoms with Gasteiger partial charge < -0.3 is 10.5 Å². The summed E-state index contributed by atoms with van der Waals surface area (Å²) < 4.78 is 6.89. The van der Waals surface area contributed by atoms with Crippen LogP contribution in [0.5, 0.6) is 11.9 Å². The molecule has 0 aliphatic heterocycles. The van der Waals surface area contributed by atoms with Crippen LogP contribution in [0.15, 0.2) is 24.5 Å². The molecular formula is C9H11N5O. The van der Waals surface area contributed by atoms with Gasteiger partial charge in [0.15, 0.2) is 0 Å². The van der Waals surface area contributed by atoms with Gasteiger partial charge in [0.1, 0.15) is 6.33 Å². The second kappa shape index (κ2) is 4.05. The zero-order valence-corrected chi connectivity index (χ0v) is 8.29. The Morgan fingerprint density at radius 1 is 1.47 bits per heavy atom. The lowest BCUT2D eigenvalue weighted by Crippen LogP contribution is -2.00. The number of ether oxygens (including phenoxy) is 1. The summed E-state index contributed by atoms with van der Waals surface area (Å²) in [5.74, 6) is 0.448. The number of rotatable bonds is 3. The predicted octanol–water partition coefficient (Wildman–Crippen LogP) is 0.461. The molecule has 0 unspecified atom stereocenters. The molecule has 0 bridgehead atoms. The highest BCUT2D eigenvalue weighted by molar-refractivity contribution is 5.18. The quantitative estimate of drug-likeness (QED) is 0.787. The summed E-state index contributed by atoms with van der Waals surface area (Å²) in [6.07, 6.45) is 1.56. The van der Waals surface area contributed by atoms with Crippen molar-refractivity contribution in [1.29, 1.82) is 0 Å². The minimum atomic E-state index is 0.277. The van der Waals surface area contributed by atoms with E-state index in [0.29, 0.717) is 12.4 Å². The van der Waals surface area contributed by atoms with Gasteiger partial charge in [-0.1, -0.05) is 6.07 Å². The van der Waals surface area contributed by atoms with Crippen molar-refractivity contribution in [2.24, 2.45) is 12.8 Å². The molecule has 6 nitrogen and oxygen atoms in total. The third-order valence-corrected chi connectivity index (χ3v) is 1.76. The maximum atomic E-state index is 5.46. The van der Waals surface area contributed by atoms with Gasteiger partial charge in [-0.3, -0.25) is 4.68 Å². The lowest BCUT2D eigenvalue weighted by Gasteiger charge is -2.01. The highest BCUT2D eigenvalue weighted by Gasteiger charge is 2.03. The third-order valence-electron chi connectivity index (χ3n) is 1.76. The van der Waals surface area contributed by atoms with E-state index in [9.17, 15) is 0 Å². The number of hydrogen-bond acceptors (Lipinski definition) is 5. The van der Waals surface area contributed by atoms with Crippen LogP contribution in [0, 0.1) is 0 Å². The smallest absolute Gasteiger partial charge is 0.342 e. The zero-order chi connectivity index (χ0) is 10.7. The minimum Gasteiger partial charge on any atom is -0.404 e. The van der Waals surface area contributed by atoms with Crippen LogP contribution in [0.4, 0.5) is 0 Å². The number of nitrogens with zero attached hydrogens (tertiary/aromatic N) is 4. The number of aryl methyl sites for hydroxylation is 1. The van der Waals surface area contributed by atoms with E-state index in [1.165, 1.54) is 0 Å². The van der Waals surface area contributed by atoms with Gasteiger partial charge in [0.25, 0.3) is 0 Å². The molecule has 15 heavy (non-hydrogen) atoms. The van der Waals surface area contributed by atoms with E-state index in [1.54, 1.807) is 24.1 Å². The molecule has 0 saturated carbocycles. The predicted molar refractivity (Wildman–Crippen MR) is 53.2 cm³/mol. The van der Waals surface area contributed by atoms with Crippen LogP contribution in [0.25, 0.3) is 0 Å². The Hall–Kier alpha value is -1.95. The first kappa shape index (κ1) is 9.60. The van der Waals surface area contributed by atoms with Crippen LogP contribution < -0.4 is 10.5 Å². The van der Waals surface area contributed by atoms with Gasteiger partial charge in [0.2, 0.25) is 5.88 Å². The lowest BCUT2D eigenvalue weighted by atomic mass is 10.3. The topological polar surface area (TPSA) is 78.9 Å². The summed E-state index contributed by atoms with van der Waals surface area (Å²) in [5, 5.41) is 3.97. The van der Waals surface area contributed by atoms with E-state index in [0.717, 1.165) is 5.69 Å². The third kappa shape index (κ3) is 2.29. The fourth-order valence-electron chi connectivity index (χ4n) is 1.09. The molecule has 78 valence electrons. The van der Waals surface area contributed by atoms with Gasteiger partial charge in [-0.15, -0.1) is 5.10 Å². The van der Waals surface area contributed by atoms with Gasteiger partial charge in [-0.05, 0) is 6.07 Å². The minimum absolute atomic E-state index is 0.277. The Morgan fingerprint density at radius 3 is 3.00 bits per heavy atom. The van der Waals surface area contributed by atoms with E-state index in [2.05, 4.69) is 15.1 Å². The van der Waals surface area contributed by atoms with Crippen LogP contribution in [-0.4, -0.2) is 19.7 Å². The van der Waals surface area contributed by atoms with Gasteiger partial charge in [-0.2, -0.15) is 4.98 Å². The van der Waals surface area contributed by atoms with Crippen LogP contribution in [0.2, 0.25) is 0 Å². The molecule has 2 aromatic heterocycles. The van der Waals surface area contributed by atoms with Crippen molar-refractivity contribution in [3.8, 4) is 11.9 Å². The van der Waals surface area contributed by atoms with E-state index < -0.39 is 0 Å². The van der Waals surface area contributed by atoms with Crippen LogP contribution in [-0.2, 0) is 13.6 Å². The first-order valence-corrected chi connectivity index (χ1v) is 4.47. The SMILES string of the molecule is Cn1cnc(Oc2cccc(CN)n2)n1. The Morgan fingerprint density at radius 2 is 2.33 bits per heavy atom. The van der Waals surface area contributed by atoms with Crippen molar-refractivity contribution >= 4 is 0 Å². The summed E-state index contributed by atoms with van der Waals surface area (Å²) >= 11 is 0. The van der Waals surface area contributed by atoms with Crippen molar-refractivity contribution in [3.63, 3.8) is 0 Å². The average Bonchev–Trinajstić information content (AvgIpc) is 2.64. The molecular weight excluding hydrogens is 194 g/mol. The summed E-state index contributed by atoms with van der Waals surface area (Å²) in [7, 11) is 1.77. The van der Waals surface area contributed by atoms with Crippen molar-refractivity contribution in [2.75, 3.05) is 0 Å². The number of nitrogens with two attached hydrogens (primary N) is 1. The molecule has 0 aliphatic rings. The summed E-state index contributed by atoms with van der Waals surface area (Å²) in [5.41, 5.74) is 6.23. The van der Waals surface area contributed by atoms with Crippen LogP contribution in [0.3, 0.4) is 0 Å². The molecule has 6 heteroatoms. The second-order valence-electron chi connectivity index (χ2n) is 2.97. The van der Waals surface area contributed by atoms with Gasteiger partial charge in [0, 0.05) is 19.7 Å². The van der Waals surface area contributed by atoms with Crippen molar-refractivity contribution < 1.29 is 4.74 Å².